The van der Waals surface area contributed by atoms with Gasteiger partial charge in [-0.3, -0.25) is 9.88 Å². The Morgan fingerprint density at radius 1 is 1.38 bits per heavy atom. The SMILES string of the molecule is CN1CCN(CCOc2ccc(/C=C/C(=O)O)nc2)CC1. The number of carboxylic acid groups (broad SMARTS) is 1. The lowest BCUT2D eigenvalue weighted by Gasteiger charge is -2.32. The average Bonchev–Trinajstić information content (AvgIpc) is 2.48. The molecule has 6 nitrogen and oxygen atoms in total. The van der Waals surface area contributed by atoms with Crippen LogP contribution in [0.15, 0.2) is 24.4 Å². The molecule has 1 aromatic rings. The molecular weight excluding hydrogens is 270 g/mol. The van der Waals surface area contributed by atoms with Crippen LogP contribution in [0, 0.1) is 0 Å². The molecule has 0 radical (unpaired) electrons. The van der Waals surface area contributed by atoms with Crippen molar-refractivity contribution in [3.05, 3.63) is 30.1 Å². The molecule has 0 unspecified atom stereocenters. The fourth-order valence-corrected chi connectivity index (χ4v) is 2.10. The first-order valence-corrected chi connectivity index (χ1v) is 7.04. The molecule has 0 aromatic carbocycles. The third kappa shape index (κ3) is 5.53. The summed E-state index contributed by atoms with van der Waals surface area (Å²) in [5.74, 6) is -0.277. The van der Waals surface area contributed by atoms with Crippen molar-refractivity contribution in [3.63, 3.8) is 0 Å². The quantitative estimate of drug-likeness (QED) is 0.782. The Morgan fingerprint density at radius 3 is 2.76 bits per heavy atom. The van der Waals surface area contributed by atoms with Crippen molar-refractivity contribution in [2.24, 2.45) is 0 Å². The molecule has 0 spiro atoms. The molecule has 1 aliphatic heterocycles. The molecule has 0 aliphatic carbocycles. The van der Waals surface area contributed by atoms with Gasteiger partial charge >= 0.3 is 5.97 Å². The van der Waals surface area contributed by atoms with Crippen LogP contribution in [-0.4, -0.2) is 72.2 Å². The summed E-state index contributed by atoms with van der Waals surface area (Å²) in [5, 5.41) is 8.54. The number of pyridine rings is 1. The maximum absolute atomic E-state index is 10.4. The van der Waals surface area contributed by atoms with Crippen molar-refractivity contribution >= 4 is 12.0 Å². The second-order valence-electron chi connectivity index (χ2n) is 5.08. The first-order valence-electron chi connectivity index (χ1n) is 7.04. The van der Waals surface area contributed by atoms with E-state index in [-0.39, 0.29) is 0 Å². The Kier molecular flexibility index (Phi) is 5.71. The molecular formula is C15H21N3O3. The summed E-state index contributed by atoms with van der Waals surface area (Å²) in [6, 6.07) is 3.54. The average molecular weight is 291 g/mol. The first-order chi connectivity index (χ1) is 10.1. The van der Waals surface area contributed by atoms with Gasteiger partial charge < -0.3 is 14.7 Å². The van der Waals surface area contributed by atoms with Crippen molar-refractivity contribution < 1.29 is 14.6 Å². The van der Waals surface area contributed by atoms with E-state index < -0.39 is 5.97 Å². The Morgan fingerprint density at radius 2 is 2.14 bits per heavy atom. The summed E-state index contributed by atoms with van der Waals surface area (Å²) < 4.78 is 5.66. The highest BCUT2D eigenvalue weighted by Crippen LogP contribution is 2.10. The van der Waals surface area contributed by atoms with Crippen LogP contribution in [0.25, 0.3) is 6.08 Å². The Labute approximate surface area is 124 Å². The third-order valence-electron chi connectivity index (χ3n) is 3.43. The molecule has 1 saturated heterocycles. The predicted octanol–water partition coefficient (Wildman–Crippen LogP) is 0.806. The van der Waals surface area contributed by atoms with E-state index in [1.54, 1.807) is 18.3 Å². The summed E-state index contributed by atoms with van der Waals surface area (Å²) >= 11 is 0. The van der Waals surface area contributed by atoms with Crippen LogP contribution >= 0.6 is 0 Å². The number of piperazine rings is 1. The van der Waals surface area contributed by atoms with E-state index in [1.807, 2.05) is 0 Å². The van der Waals surface area contributed by atoms with E-state index in [0.717, 1.165) is 38.8 Å². The van der Waals surface area contributed by atoms with Gasteiger partial charge in [-0.2, -0.15) is 0 Å². The fourth-order valence-electron chi connectivity index (χ4n) is 2.10. The zero-order valence-corrected chi connectivity index (χ0v) is 12.2. The van der Waals surface area contributed by atoms with Crippen molar-refractivity contribution in [3.8, 4) is 5.75 Å². The number of aromatic nitrogens is 1. The number of aliphatic carboxylic acids is 1. The summed E-state index contributed by atoms with van der Waals surface area (Å²) in [6.45, 7) is 5.91. The smallest absolute Gasteiger partial charge is 0.328 e. The number of likely N-dealkylation sites (N-methyl/N-ethyl adjacent to an activating group) is 1. The molecule has 114 valence electrons. The van der Waals surface area contributed by atoms with Gasteiger partial charge in [-0.25, -0.2) is 4.79 Å². The zero-order valence-electron chi connectivity index (χ0n) is 12.2. The zero-order chi connectivity index (χ0) is 15.1. The van der Waals surface area contributed by atoms with Crippen LogP contribution in [-0.2, 0) is 4.79 Å². The van der Waals surface area contributed by atoms with Crippen LogP contribution in [0.2, 0.25) is 0 Å². The highest BCUT2D eigenvalue weighted by Gasteiger charge is 2.13. The number of carbonyl (C=O) groups is 1. The van der Waals surface area contributed by atoms with Gasteiger partial charge in [0.15, 0.2) is 0 Å². The monoisotopic (exact) mass is 291 g/mol. The molecule has 0 atom stereocenters. The number of rotatable bonds is 6. The highest BCUT2D eigenvalue weighted by atomic mass is 16.5. The Balaban J connectivity index is 1.72. The maximum Gasteiger partial charge on any atom is 0.328 e. The molecule has 21 heavy (non-hydrogen) atoms. The maximum atomic E-state index is 10.4. The number of hydrogen-bond donors (Lipinski definition) is 1. The van der Waals surface area contributed by atoms with Crippen LogP contribution in [0.3, 0.4) is 0 Å². The van der Waals surface area contributed by atoms with Crippen LogP contribution < -0.4 is 4.74 Å². The third-order valence-corrected chi connectivity index (χ3v) is 3.43. The summed E-state index contributed by atoms with van der Waals surface area (Å²) in [7, 11) is 2.14. The molecule has 6 heteroatoms. The van der Waals surface area contributed by atoms with E-state index in [1.165, 1.54) is 6.08 Å². The van der Waals surface area contributed by atoms with Gasteiger partial charge in [-0.1, -0.05) is 0 Å². The number of nitrogens with zero attached hydrogens (tertiary/aromatic N) is 3. The lowest BCUT2D eigenvalue weighted by atomic mass is 10.3. The fraction of sp³-hybridized carbons (Fsp3) is 0.467. The van der Waals surface area contributed by atoms with Gasteiger partial charge in [0, 0.05) is 38.8 Å². The molecule has 1 N–H and O–H groups in total. The van der Waals surface area contributed by atoms with Gasteiger partial charge in [0.1, 0.15) is 12.4 Å². The van der Waals surface area contributed by atoms with E-state index in [2.05, 4.69) is 21.8 Å². The van der Waals surface area contributed by atoms with Gasteiger partial charge in [-0.15, -0.1) is 0 Å². The summed E-state index contributed by atoms with van der Waals surface area (Å²) in [4.78, 5) is 19.2. The second kappa shape index (κ2) is 7.75. The molecule has 0 amide bonds. The predicted molar refractivity (Wildman–Crippen MR) is 80.3 cm³/mol. The molecule has 0 saturated carbocycles. The highest BCUT2D eigenvalue weighted by molar-refractivity contribution is 5.84. The minimum atomic E-state index is -0.982. The molecule has 2 rings (SSSR count). The van der Waals surface area contributed by atoms with Crippen molar-refractivity contribution in [1.82, 2.24) is 14.8 Å². The van der Waals surface area contributed by atoms with Gasteiger partial charge in [0.05, 0.1) is 11.9 Å². The number of ether oxygens (including phenoxy) is 1. The number of carboxylic acids is 1. The van der Waals surface area contributed by atoms with Crippen molar-refractivity contribution in [1.29, 1.82) is 0 Å². The minimum absolute atomic E-state index is 0.601. The first kappa shape index (κ1) is 15.5. The van der Waals surface area contributed by atoms with E-state index in [9.17, 15) is 4.79 Å². The molecule has 2 heterocycles. The molecule has 0 bridgehead atoms. The number of hydrogen-bond acceptors (Lipinski definition) is 5. The minimum Gasteiger partial charge on any atom is -0.491 e. The van der Waals surface area contributed by atoms with Crippen molar-refractivity contribution in [2.75, 3.05) is 46.4 Å². The van der Waals surface area contributed by atoms with Crippen LogP contribution in [0.4, 0.5) is 0 Å². The van der Waals surface area contributed by atoms with Gasteiger partial charge in [0.2, 0.25) is 0 Å². The Hall–Kier alpha value is -1.92. The van der Waals surface area contributed by atoms with Gasteiger partial charge in [-0.05, 0) is 25.3 Å². The summed E-state index contributed by atoms with van der Waals surface area (Å²) in [6.07, 6.45) is 4.14. The van der Waals surface area contributed by atoms with Crippen LogP contribution in [0.5, 0.6) is 5.75 Å². The largest absolute Gasteiger partial charge is 0.491 e. The lowest BCUT2D eigenvalue weighted by Crippen LogP contribution is -2.45. The summed E-state index contributed by atoms with van der Waals surface area (Å²) in [5.41, 5.74) is 0.601. The molecule has 1 fully saturated rings. The molecule has 1 aromatic heterocycles. The normalized spacial score (nSPS) is 17.2. The van der Waals surface area contributed by atoms with E-state index >= 15 is 0 Å². The Bertz CT molecular complexity index is 479. The van der Waals surface area contributed by atoms with E-state index in [0.29, 0.717) is 18.1 Å². The van der Waals surface area contributed by atoms with Gasteiger partial charge in [0.25, 0.3) is 0 Å². The molecule has 1 aliphatic rings. The van der Waals surface area contributed by atoms with Crippen molar-refractivity contribution in [2.45, 2.75) is 0 Å². The second-order valence-corrected chi connectivity index (χ2v) is 5.08. The standard InChI is InChI=1S/C15H21N3O3/c1-17-6-8-18(9-7-17)10-11-21-14-4-2-13(16-12-14)3-5-15(19)20/h2-5,12H,6-11H2,1H3,(H,19,20)/b5-3+. The van der Waals surface area contributed by atoms with Crippen LogP contribution in [0.1, 0.15) is 5.69 Å². The van der Waals surface area contributed by atoms with E-state index in [4.69, 9.17) is 9.84 Å². The topological polar surface area (TPSA) is 65.9 Å². The lowest BCUT2D eigenvalue weighted by molar-refractivity contribution is -0.131.